The molecule has 2 unspecified atom stereocenters. The number of likely N-dealkylation sites (N-methyl/N-ethyl adjacent to an activating group) is 1. The van der Waals surface area contributed by atoms with Crippen LogP contribution in [0.25, 0.3) is 0 Å². The highest BCUT2D eigenvalue weighted by Gasteiger charge is 2.44. The number of fused-ring (bicyclic) bond motifs is 1. The number of benzene rings is 2. The number of nitrogens with one attached hydrogen (secondary N) is 1. The molecule has 3 rings (SSSR count). The molecular weight excluding hydrogens is 391 g/mol. The van der Waals surface area contributed by atoms with Crippen LogP contribution in [0.1, 0.15) is 33.4 Å². The van der Waals surface area contributed by atoms with Crippen LogP contribution >= 0.6 is 0 Å². The molecule has 0 radical (unpaired) electrons. The maximum atomic E-state index is 14.7. The summed E-state index contributed by atoms with van der Waals surface area (Å²) < 4.78 is 30.4. The van der Waals surface area contributed by atoms with Gasteiger partial charge in [-0.1, -0.05) is 18.2 Å². The molecule has 0 bridgehead atoms. The lowest BCUT2D eigenvalue weighted by Gasteiger charge is -2.40. The third-order valence-electron chi connectivity index (χ3n) is 5.29. The van der Waals surface area contributed by atoms with E-state index in [-0.39, 0.29) is 23.9 Å². The zero-order valence-electron chi connectivity index (χ0n) is 17.4. The Morgan fingerprint density at radius 1 is 1.10 bits per heavy atom. The minimum absolute atomic E-state index is 0.265. The standard InChI is InChI=1S/C22H25FN2O5/c1-25-20(13-7-5-6-8-16(13)23)19(21(26)24-9-10-28-2)14-11-17(29-3)18(30-4)12-15(14)22(25)27/h5-8,11-12,19-20H,9-10H2,1-4H3,(H,24,26). The Morgan fingerprint density at radius 2 is 1.77 bits per heavy atom. The van der Waals surface area contributed by atoms with Gasteiger partial charge in [0.25, 0.3) is 5.91 Å². The van der Waals surface area contributed by atoms with E-state index in [0.29, 0.717) is 29.2 Å². The van der Waals surface area contributed by atoms with E-state index in [0.717, 1.165) is 0 Å². The molecule has 30 heavy (non-hydrogen) atoms. The minimum atomic E-state index is -0.851. The van der Waals surface area contributed by atoms with E-state index in [2.05, 4.69) is 5.32 Å². The van der Waals surface area contributed by atoms with Gasteiger partial charge in [0.15, 0.2) is 11.5 Å². The van der Waals surface area contributed by atoms with Gasteiger partial charge in [0.05, 0.1) is 32.8 Å². The second-order valence-corrected chi connectivity index (χ2v) is 6.94. The number of carbonyl (C=O) groups excluding carboxylic acids is 2. The van der Waals surface area contributed by atoms with Gasteiger partial charge in [-0.3, -0.25) is 9.59 Å². The third-order valence-corrected chi connectivity index (χ3v) is 5.29. The predicted molar refractivity (Wildman–Crippen MR) is 108 cm³/mol. The summed E-state index contributed by atoms with van der Waals surface area (Å²) in [6.07, 6.45) is 0. The second kappa shape index (κ2) is 9.13. The van der Waals surface area contributed by atoms with Gasteiger partial charge in [0.1, 0.15) is 5.82 Å². The van der Waals surface area contributed by atoms with E-state index < -0.39 is 17.8 Å². The van der Waals surface area contributed by atoms with E-state index in [1.54, 1.807) is 37.4 Å². The van der Waals surface area contributed by atoms with Crippen LogP contribution in [0.15, 0.2) is 36.4 Å². The monoisotopic (exact) mass is 416 g/mol. The maximum absolute atomic E-state index is 14.7. The van der Waals surface area contributed by atoms with Crippen LogP contribution in [0, 0.1) is 5.82 Å². The second-order valence-electron chi connectivity index (χ2n) is 6.94. The average molecular weight is 416 g/mol. The van der Waals surface area contributed by atoms with E-state index in [1.807, 2.05) is 0 Å². The number of hydrogen-bond acceptors (Lipinski definition) is 5. The topological polar surface area (TPSA) is 77.1 Å². The first-order valence-electron chi connectivity index (χ1n) is 9.48. The van der Waals surface area contributed by atoms with E-state index in [9.17, 15) is 14.0 Å². The minimum Gasteiger partial charge on any atom is -0.493 e. The van der Waals surface area contributed by atoms with Gasteiger partial charge in [-0.15, -0.1) is 0 Å². The summed E-state index contributed by atoms with van der Waals surface area (Å²) in [7, 11) is 6.05. The van der Waals surface area contributed by atoms with Crippen molar-refractivity contribution in [3.63, 3.8) is 0 Å². The molecule has 2 aromatic carbocycles. The summed E-state index contributed by atoms with van der Waals surface area (Å²) in [6, 6.07) is 8.50. The number of ether oxygens (including phenoxy) is 3. The van der Waals surface area contributed by atoms with Gasteiger partial charge in [-0.2, -0.15) is 0 Å². The van der Waals surface area contributed by atoms with Gasteiger partial charge in [-0.05, 0) is 23.8 Å². The lowest BCUT2D eigenvalue weighted by molar-refractivity contribution is -0.124. The number of methoxy groups -OCH3 is 3. The van der Waals surface area contributed by atoms with Crippen LogP contribution in [0.2, 0.25) is 0 Å². The third kappa shape index (κ3) is 3.82. The van der Waals surface area contributed by atoms with Crippen molar-refractivity contribution in [2.75, 3.05) is 41.5 Å². The summed E-state index contributed by atoms with van der Waals surface area (Å²) in [6.45, 7) is 0.618. The van der Waals surface area contributed by atoms with E-state index >= 15 is 0 Å². The molecule has 2 aromatic rings. The fraction of sp³-hybridized carbons (Fsp3) is 0.364. The Balaban J connectivity index is 2.19. The Kier molecular flexibility index (Phi) is 6.56. The van der Waals surface area contributed by atoms with Crippen LogP contribution in [0.4, 0.5) is 4.39 Å². The quantitative estimate of drug-likeness (QED) is 0.702. The zero-order chi connectivity index (χ0) is 21.8. The lowest BCUT2D eigenvalue weighted by Crippen LogP contribution is -2.46. The molecule has 0 saturated heterocycles. The molecule has 1 N–H and O–H groups in total. The molecule has 2 amide bonds. The summed E-state index contributed by atoms with van der Waals surface area (Å²) in [4.78, 5) is 27.8. The van der Waals surface area contributed by atoms with Crippen LogP contribution in [0.5, 0.6) is 11.5 Å². The first-order valence-corrected chi connectivity index (χ1v) is 9.48. The predicted octanol–water partition coefficient (Wildman–Crippen LogP) is 2.52. The van der Waals surface area contributed by atoms with Crippen molar-refractivity contribution >= 4 is 11.8 Å². The molecule has 1 aliphatic heterocycles. The lowest BCUT2D eigenvalue weighted by atomic mass is 9.79. The highest BCUT2D eigenvalue weighted by Crippen LogP contribution is 2.46. The van der Waals surface area contributed by atoms with Gasteiger partial charge in [-0.25, -0.2) is 4.39 Å². The molecule has 1 aliphatic rings. The summed E-state index contributed by atoms with van der Waals surface area (Å²) >= 11 is 0. The SMILES string of the molecule is COCCNC(=O)C1c2cc(OC)c(OC)cc2C(=O)N(C)C1c1ccccc1F. The molecule has 1 heterocycles. The smallest absolute Gasteiger partial charge is 0.254 e. The molecule has 160 valence electrons. The largest absolute Gasteiger partial charge is 0.493 e. The average Bonchev–Trinajstić information content (AvgIpc) is 2.75. The van der Waals surface area contributed by atoms with Gasteiger partial charge in [0.2, 0.25) is 5.91 Å². The van der Waals surface area contributed by atoms with Crippen molar-refractivity contribution in [1.29, 1.82) is 0 Å². The number of hydrogen-bond donors (Lipinski definition) is 1. The van der Waals surface area contributed by atoms with Crippen molar-refractivity contribution in [2.24, 2.45) is 0 Å². The Hall–Kier alpha value is -3.13. The van der Waals surface area contributed by atoms with Gasteiger partial charge >= 0.3 is 0 Å². The highest BCUT2D eigenvalue weighted by molar-refractivity contribution is 6.02. The van der Waals surface area contributed by atoms with Gasteiger partial charge < -0.3 is 24.4 Å². The normalized spacial score (nSPS) is 18.0. The summed E-state index contributed by atoms with van der Waals surface area (Å²) in [5, 5.41) is 2.82. The first kappa shape index (κ1) is 21.6. The van der Waals surface area contributed by atoms with E-state index in [4.69, 9.17) is 14.2 Å². The molecule has 0 aliphatic carbocycles. The zero-order valence-corrected chi connectivity index (χ0v) is 17.4. The summed E-state index contributed by atoms with van der Waals surface area (Å²) in [5.74, 6) is -1.25. The van der Waals surface area contributed by atoms with Crippen molar-refractivity contribution in [3.05, 3.63) is 58.9 Å². The van der Waals surface area contributed by atoms with Crippen molar-refractivity contribution < 1.29 is 28.2 Å². The Bertz CT molecular complexity index is 949. The number of halogens is 1. The summed E-state index contributed by atoms with van der Waals surface area (Å²) in [5.41, 5.74) is 1.04. The maximum Gasteiger partial charge on any atom is 0.254 e. The molecule has 7 nitrogen and oxygen atoms in total. The molecular formula is C22H25FN2O5. The first-order chi connectivity index (χ1) is 14.4. The Labute approximate surface area is 174 Å². The number of amides is 2. The molecule has 0 aromatic heterocycles. The fourth-order valence-electron chi connectivity index (χ4n) is 3.82. The molecule has 8 heteroatoms. The molecule has 0 spiro atoms. The van der Waals surface area contributed by atoms with Crippen LogP contribution in [-0.4, -0.2) is 58.2 Å². The van der Waals surface area contributed by atoms with Crippen LogP contribution in [-0.2, 0) is 9.53 Å². The molecule has 0 fully saturated rings. The van der Waals surface area contributed by atoms with E-state index in [1.165, 1.54) is 32.3 Å². The Morgan fingerprint density at radius 3 is 2.40 bits per heavy atom. The van der Waals surface area contributed by atoms with Crippen molar-refractivity contribution in [3.8, 4) is 11.5 Å². The molecule has 0 saturated carbocycles. The van der Waals surface area contributed by atoms with Gasteiger partial charge in [0, 0.05) is 31.8 Å². The number of rotatable bonds is 7. The fourth-order valence-corrected chi connectivity index (χ4v) is 3.82. The van der Waals surface area contributed by atoms with Crippen LogP contribution in [0.3, 0.4) is 0 Å². The molecule has 2 atom stereocenters. The van der Waals surface area contributed by atoms with Crippen molar-refractivity contribution in [2.45, 2.75) is 12.0 Å². The van der Waals surface area contributed by atoms with Crippen molar-refractivity contribution in [1.82, 2.24) is 10.2 Å². The number of nitrogens with zero attached hydrogens (tertiary/aromatic N) is 1. The number of carbonyl (C=O) groups is 2. The highest BCUT2D eigenvalue weighted by atomic mass is 19.1. The van der Waals surface area contributed by atoms with Crippen LogP contribution < -0.4 is 14.8 Å².